The van der Waals surface area contributed by atoms with Gasteiger partial charge in [-0.25, -0.2) is 8.42 Å². The molecule has 2 aliphatic carbocycles. The molecule has 2 fully saturated rings. The molecule has 3 aliphatic rings. The van der Waals surface area contributed by atoms with Gasteiger partial charge in [0, 0.05) is 31.6 Å². The maximum atomic E-state index is 13.1. The van der Waals surface area contributed by atoms with Crippen LogP contribution in [0.15, 0.2) is 23.1 Å². The zero-order valence-electron chi connectivity index (χ0n) is 16.2. The van der Waals surface area contributed by atoms with Crippen molar-refractivity contribution in [2.45, 2.75) is 69.2 Å². The Morgan fingerprint density at radius 1 is 1.07 bits per heavy atom. The minimum Gasteiger partial charge on any atom is -0.340 e. The quantitative estimate of drug-likeness (QED) is 0.777. The second-order valence-electron chi connectivity index (χ2n) is 8.17. The Labute approximate surface area is 162 Å². The number of hydrogen-bond acceptors (Lipinski definition) is 3. The van der Waals surface area contributed by atoms with E-state index >= 15 is 0 Å². The van der Waals surface area contributed by atoms with E-state index in [4.69, 9.17) is 0 Å². The first kappa shape index (κ1) is 18.9. The summed E-state index contributed by atoms with van der Waals surface area (Å²) in [6.07, 6.45) is 7.85. The molecule has 5 nitrogen and oxygen atoms in total. The standard InChI is InChI=1S/C21H30N2O3S/c1-2-23(19-8-9-19)21(24)17-11-13-22(14-12-17)27(25,26)20-10-7-16-5-3-4-6-18(16)15-20/h7,10,15,17,19H,2-6,8-9,11-14H2,1H3. The largest absolute Gasteiger partial charge is 0.340 e. The van der Waals surface area contributed by atoms with Gasteiger partial charge in [-0.3, -0.25) is 4.79 Å². The van der Waals surface area contributed by atoms with Crippen molar-refractivity contribution in [2.75, 3.05) is 19.6 Å². The van der Waals surface area contributed by atoms with Gasteiger partial charge in [0.15, 0.2) is 0 Å². The van der Waals surface area contributed by atoms with E-state index < -0.39 is 10.0 Å². The lowest BCUT2D eigenvalue weighted by Crippen LogP contribution is -2.45. The SMILES string of the molecule is CCN(C(=O)C1CCN(S(=O)(=O)c2ccc3c(c2)CCCC3)CC1)C1CC1. The minimum atomic E-state index is -3.47. The number of piperidine rings is 1. The monoisotopic (exact) mass is 390 g/mol. The van der Waals surface area contributed by atoms with Crippen molar-refractivity contribution >= 4 is 15.9 Å². The number of carbonyl (C=O) groups is 1. The van der Waals surface area contributed by atoms with E-state index in [2.05, 4.69) is 0 Å². The van der Waals surface area contributed by atoms with Crippen LogP contribution in [0.25, 0.3) is 0 Å². The zero-order chi connectivity index (χ0) is 19.0. The second-order valence-corrected chi connectivity index (χ2v) is 10.1. The normalized spacial score (nSPS) is 21.7. The molecule has 148 valence electrons. The van der Waals surface area contributed by atoms with Crippen molar-refractivity contribution in [3.8, 4) is 0 Å². The molecular formula is C21H30N2O3S. The van der Waals surface area contributed by atoms with Crippen LogP contribution in [0.2, 0.25) is 0 Å². The second kappa shape index (κ2) is 7.55. The van der Waals surface area contributed by atoms with Gasteiger partial charge in [-0.05, 0) is 81.5 Å². The third kappa shape index (κ3) is 3.79. The predicted molar refractivity (Wildman–Crippen MR) is 105 cm³/mol. The lowest BCUT2D eigenvalue weighted by molar-refractivity contribution is -0.137. The Bertz CT molecular complexity index is 809. The highest BCUT2D eigenvalue weighted by atomic mass is 32.2. The van der Waals surface area contributed by atoms with Crippen LogP contribution in [0.1, 0.15) is 56.6 Å². The molecule has 1 aliphatic heterocycles. The summed E-state index contributed by atoms with van der Waals surface area (Å²) in [6, 6.07) is 6.07. The van der Waals surface area contributed by atoms with Gasteiger partial charge in [-0.15, -0.1) is 0 Å². The van der Waals surface area contributed by atoms with Crippen molar-refractivity contribution < 1.29 is 13.2 Å². The molecule has 1 heterocycles. The number of sulfonamides is 1. The summed E-state index contributed by atoms with van der Waals surface area (Å²) in [6.45, 7) is 3.68. The van der Waals surface area contributed by atoms with Crippen LogP contribution in [0, 0.1) is 5.92 Å². The highest BCUT2D eigenvalue weighted by Crippen LogP contribution is 2.32. The Morgan fingerprint density at radius 2 is 1.74 bits per heavy atom. The highest BCUT2D eigenvalue weighted by Gasteiger charge is 2.38. The molecule has 0 atom stereocenters. The average Bonchev–Trinajstić information content (AvgIpc) is 3.53. The van der Waals surface area contributed by atoms with E-state index in [9.17, 15) is 13.2 Å². The van der Waals surface area contributed by atoms with Gasteiger partial charge in [-0.2, -0.15) is 4.31 Å². The van der Waals surface area contributed by atoms with E-state index in [-0.39, 0.29) is 11.8 Å². The fraction of sp³-hybridized carbons (Fsp3) is 0.667. The summed E-state index contributed by atoms with van der Waals surface area (Å²) in [5, 5.41) is 0. The summed E-state index contributed by atoms with van der Waals surface area (Å²) in [7, 11) is -3.47. The van der Waals surface area contributed by atoms with Gasteiger partial charge in [0.05, 0.1) is 4.90 Å². The van der Waals surface area contributed by atoms with Crippen LogP contribution in [0.5, 0.6) is 0 Å². The Morgan fingerprint density at radius 3 is 2.37 bits per heavy atom. The fourth-order valence-electron chi connectivity index (χ4n) is 4.58. The van der Waals surface area contributed by atoms with Crippen LogP contribution >= 0.6 is 0 Å². The number of aryl methyl sites for hydroxylation is 2. The van der Waals surface area contributed by atoms with Crippen molar-refractivity contribution in [3.63, 3.8) is 0 Å². The smallest absolute Gasteiger partial charge is 0.243 e. The number of carbonyl (C=O) groups excluding carboxylic acids is 1. The van der Waals surface area contributed by atoms with E-state index in [0.717, 1.165) is 38.6 Å². The fourth-order valence-corrected chi connectivity index (χ4v) is 6.10. The molecule has 1 aromatic rings. The topological polar surface area (TPSA) is 57.7 Å². The molecule has 4 rings (SSSR count). The molecule has 0 N–H and O–H groups in total. The third-order valence-corrected chi connectivity index (χ3v) is 8.27. The van der Waals surface area contributed by atoms with Gasteiger partial charge >= 0.3 is 0 Å². The summed E-state index contributed by atoms with van der Waals surface area (Å²) in [5.74, 6) is 0.200. The number of rotatable bonds is 5. The molecule has 0 spiro atoms. The molecule has 1 saturated carbocycles. The molecule has 0 aromatic heterocycles. The Balaban J connectivity index is 1.43. The van der Waals surface area contributed by atoms with E-state index in [1.54, 1.807) is 10.4 Å². The predicted octanol–water partition coefficient (Wildman–Crippen LogP) is 2.98. The molecule has 0 radical (unpaired) electrons. The van der Waals surface area contributed by atoms with Crippen LogP contribution in [0.4, 0.5) is 0 Å². The van der Waals surface area contributed by atoms with Crippen molar-refractivity contribution in [2.24, 2.45) is 5.92 Å². The first-order valence-electron chi connectivity index (χ1n) is 10.4. The third-order valence-electron chi connectivity index (χ3n) is 6.37. The van der Waals surface area contributed by atoms with Gasteiger partial charge < -0.3 is 4.90 Å². The average molecular weight is 391 g/mol. The van der Waals surface area contributed by atoms with E-state index in [1.165, 1.54) is 17.5 Å². The lowest BCUT2D eigenvalue weighted by Gasteiger charge is -2.33. The van der Waals surface area contributed by atoms with Crippen molar-refractivity contribution in [1.82, 2.24) is 9.21 Å². The number of benzene rings is 1. The number of hydrogen-bond donors (Lipinski definition) is 0. The van der Waals surface area contributed by atoms with Crippen LogP contribution in [0.3, 0.4) is 0 Å². The van der Waals surface area contributed by atoms with E-state index in [1.807, 2.05) is 24.0 Å². The first-order chi connectivity index (χ1) is 13.0. The molecule has 1 aromatic carbocycles. The van der Waals surface area contributed by atoms with Crippen molar-refractivity contribution in [1.29, 1.82) is 0 Å². The minimum absolute atomic E-state index is 0.0273. The molecule has 27 heavy (non-hydrogen) atoms. The molecule has 6 heteroatoms. The lowest BCUT2D eigenvalue weighted by atomic mass is 9.92. The molecule has 0 bridgehead atoms. The van der Waals surface area contributed by atoms with E-state index in [0.29, 0.717) is 36.9 Å². The van der Waals surface area contributed by atoms with Crippen molar-refractivity contribution in [3.05, 3.63) is 29.3 Å². The summed E-state index contributed by atoms with van der Waals surface area (Å²) < 4.78 is 27.8. The van der Waals surface area contributed by atoms with Gasteiger partial charge in [0.2, 0.25) is 15.9 Å². The van der Waals surface area contributed by atoms with Gasteiger partial charge in [0.1, 0.15) is 0 Å². The summed E-state index contributed by atoms with van der Waals surface area (Å²) in [4.78, 5) is 15.2. The number of fused-ring (bicyclic) bond motifs is 1. The van der Waals surface area contributed by atoms with Gasteiger partial charge in [-0.1, -0.05) is 6.07 Å². The molecule has 0 unspecified atom stereocenters. The number of amides is 1. The van der Waals surface area contributed by atoms with Crippen LogP contribution in [-0.4, -0.2) is 49.2 Å². The summed E-state index contributed by atoms with van der Waals surface area (Å²) in [5.41, 5.74) is 2.49. The van der Waals surface area contributed by atoms with Crippen LogP contribution < -0.4 is 0 Å². The molecule has 1 amide bonds. The van der Waals surface area contributed by atoms with Crippen LogP contribution in [-0.2, 0) is 27.7 Å². The van der Waals surface area contributed by atoms with Gasteiger partial charge in [0.25, 0.3) is 0 Å². The maximum absolute atomic E-state index is 13.1. The molecule has 1 saturated heterocycles. The molecular weight excluding hydrogens is 360 g/mol. The first-order valence-corrected chi connectivity index (χ1v) is 11.9. The maximum Gasteiger partial charge on any atom is 0.243 e. The zero-order valence-corrected chi connectivity index (χ0v) is 17.0. The number of nitrogens with zero attached hydrogens (tertiary/aromatic N) is 2. The Kier molecular flexibility index (Phi) is 5.30. The summed E-state index contributed by atoms with van der Waals surface area (Å²) >= 11 is 0. The Hall–Kier alpha value is -1.40. The highest BCUT2D eigenvalue weighted by molar-refractivity contribution is 7.89.